The summed E-state index contributed by atoms with van der Waals surface area (Å²) < 4.78 is 28.7. The monoisotopic (exact) mass is 502 g/mol. The lowest BCUT2D eigenvalue weighted by atomic mass is 10.1. The minimum Gasteiger partial charge on any atom is -0.374 e. The van der Waals surface area contributed by atoms with Crippen molar-refractivity contribution >= 4 is 26.6 Å². The van der Waals surface area contributed by atoms with Gasteiger partial charge in [0.05, 0.1) is 5.52 Å². The van der Waals surface area contributed by atoms with Gasteiger partial charge in [-0.2, -0.15) is 0 Å². The van der Waals surface area contributed by atoms with Gasteiger partial charge in [-0.05, 0) is 42.3 Å². The number of nitrogens with zero attached hydrogens (tertiary/aromatic N) is 3. The van der Waals surface area contributed by atoms with E-state index in [-0.39, 0.29) is 4.90 Å². The van der Waals surface area contributed by atoms with E-state index in [1.807, 2.05) is 18.2 Å². The summed E-state index contributed by atoms with van der Waals surface area (Å²) in [5.74, 6) is 0. The van der Waals surface area contributed by atoms with Gasteiger partial charge in [0.25, 0.3) is 10.0 Å². The lowest BCUT2D eigenvalue weighted by Crippen LogP contribution is -2.48. The van der Waals surface area contributed by atoms with Gasteiger partial charge < -0.3 is 5.11 Å². The Bertz CT molecular complexity index is 1420. The van der Waals surface area contributed by atoms with Crippen molar-refractivity contribution in [3.05, 3.63) is 102 Å². The van der Waals surface area contributed by atoms with Crippen LogP contribution in [0.15, 0.2) is 96.0 Å². The Hall–Kier alpha value is -3.30. The third-order valence-corrected chi connectivity index (χ3v) is 8.28. The van der Waals surface area contributed by atoms with E-state index in [2.05, 4.69) is 50.7 Å². The van der Waals surface area contributed by atoms with Gasteiger partial charge in [-0.15, -0.1) is 0 Å². The zero-order valence-corrected chi connectivity index (χ0v) is 21.0. The molecule has 0 aliphatic carbocycles. The zero-order valence-electron chi connectivity index (χ0n) is 20.2. The molecule has 186 valence electrons. The summed E-state index contributed by atoms with van der Waals surface area (Å²) in [5.41, 5.74) is 2.89. The molecule has 3 aromatic carbocycles. The maximum atomic E-state index is 13.1. The molecular weight excluding hydrogens is 472 g/mol. The number of hydrogen-bond acceptors (Lipinski definition) is 6. The number of anilines is 1. The van der Waals surface area contributed by atoms with Crippen molar-refractivity contribution in [3.63, 3.8) is 0 Å². The highest BCUT2D eigenvalue weighted by Gasteiger charge is 2.26. The first-order chi connectivity index (χ1) is 17.4. The number of fused-ring (bicyclic) bond motifs is 1. The molecule has 0 amide bonds. The first-order valence-corrected chi connectivity index (χ1v) is 13.6. The van der Waals surface area contributed by atoms with Gasteiger partial charge >= 0.3 is 0 Å². The summed E-state index contributed by atoms with van der Waals surface area (Å²) in [6, 6.07) is 26.4. The fraction of sp³-hybridized carbons (Fsp3) is 0.250. The molecule has 8 heteroatoms. The van der Waals surface area contributed by atoms with Gasteiger partial charge in [0.15, 0.2) is 0 Å². The molecule has 5 rings (SSSR count). The molecule has 0 bridgehead atoms. The number of pyridine rings is 1. The van der Waals surface area contributed by atoms with Crippen LogP contribution in [0, 0.1) is 0 Å². The molecule has 1 fully saturated rings. The average Bonchev–Trinajstić information content (AvgIpc) is 2.93. The Kier molecular flexibility index (Phi) is 7.02. The number of para-hydroxylation sites is 1. The van der Waals surface area contributed by atoms with Crippen LogP contribution in [0.3, 0.4) is 0 Å². The molecule has 36 heavy (non-hydrogen) atoms. The molecule has 1 saturated heterocycles. The molecule has 2 unspecified atom stereocenters. The SMILES string of the molecule is CC(c1ccccc1)N1CCN(C(O)c2ccc(NS(=O)(=O)c3cccc4cccnc34)cc2)CC1. The van der Waals surface area contributed by atoms with E-state index in [0.717, 1.165) is 37.1 Å². The van der Waals surface area contributed by atoms with Gasteiger partial charge in [0.1, 0.15) is 11.1 Å². The standard InChI is InChI=1S/C28H30N4O3S/c1-21(22-7-3-2-4-8-22)31-17-19-32(20-18-31)28(33)24-12-14-25(15-13-24)30-36(34,35)26-11-5-9-23-10-6-16-29-27(23)26/h2-16,21,28,30,33H,17-20H2,1H3. The predicted molar refractivity (Wildman–Crippen MR) is 142 cm³/mol. The van der Waals surface area contributed by atoms with Crippen LogP contribution in [0.4, 0.5) is 5.69 Å². The zero-order chi connectivity index (χ0) is 25.1. The number of aliphatic hydroxyl groups excluding tert-OH is 1. The number of sulfonamides is 1. The smallest absolute Gasteiger partial charge is 0.264 e. The highest BCUT2D eigenvalue weighted by Crippen LogP contribution is 2.27. The van der Waals surface area contributed by atoms with Crippen LogP contribution in [0.25, 0.3) is 10.9 Å². The van der Waals surface area contributed by atoms with E-state index >= 15 is 0 Å². The highest BCUT2D eigenvalue weighted by molar-refractivity contribution is 7.93. The second-order valence-electron chi connectivity index (χ2n) is 9.09. The summed E-state index contributed by atoms with van der Waals surface area (Å²) in [6.45, 7) is 5.45. The lowest BCUT2D eigenvalue weighted by molar-refractivity contribution is -0.0335. The van der Waals surface area contributed by atoms with Crippen LogP contribution in [-0.4, -0.2) is 54.5 Å². The summed E-state index contributed by atoms with van der Waals surface area (Å²) in [6.07, 6.45) is 0.840. The summed E-state index contributed by atoms with van der Waals surface area (Å²) in [5, 5.41) is 11.7. The van der Waals surface area contributed by atoms with E-state index in [0.29, 0.717) is 17.2 Å². The molecule has 2 heterocycles. The van der Waals surface area contributed by atoms with Gasteiger partial charge in [-0.3, -0.25) is 19.5 Å². The second-order valence-corrected chi connectivity index (χ2v) is 10.7. The Morgan fingerprint density at radius 3 is 2.19 bits per heavy atom. The van der Waals surface area contributed by atoms with Gasteiger partial charge in [-0.25, -0.2) is 8.42 Å². The largest absolute Gasteiger partial charge is 0.374 e. The summed E-state index contributed by atoms with van der Waals surface area (Å²) >= 11 is 0. The first-order valence-electron chi connectivity index (χ1n) is 12.1. The topological polar surface area (TPSA) is 85.8 Å². The third kappa shape index (κ3) is 5.12. The Labute approximate surface area is 212 Å². The molecule has 2 atom stereocenters. The minimum absolute atomic E-state index is 0.132. The molecule has 0 spiro atoms. The van der Waals surface area contributed by atoms with Crippen LogP contribution in [0.5, 0.6) is 0 Å². The normalized spacial score (nSPS) is 17.1. The van der Waals surface area contributed by atoms with E-state index in [9.17, 15) is 13.5 Å². The van der Waals surface area contributed by atoms with Crippen molar-refractivity contribution in [1.29, 1.82) is 0 Å². The van der Waals surface area contributed by atoms with E-state index in [1.54, 1.807) is 48.7 Å². The first kappa shape index (κ1) is 24.4. The predicted octanol–water partition coefficient (Wildman–Crippen LogP) is 4.41. The van der Waals surface area contributed by atoms with Crippen LogP contribution in [0.1, 0.15) is 30.3 Å². The second kappa shape index (κ2) is 10.4. The van der Waals surface area contributed by atoms with Crippen molar-refractivity contribution in [2.45, 2.75) is 24.1 Å². The van der Waals surface area contributed by atoms with Gasteiger partial charge in [-0.1, -0.05) is 60.7 Å². The van der Waals surface area contributed by atoms with E-state index < -0.39 is 16.3 Å². The Balaban J connectivity index is 1.23. The molecular formula is C28H30N4O3S. The summed E-state index contributed by atoms with van der Waals surface area (Å²) in [7, 11) is -3.82. The molecule has 4 aromatic rings. The van der Waals surface area contributed by atoms with Gasteiger partial charge in [0, 0.05) is 49.5 Å². The van der Waals surface area contributed by atoms with Crippen molar-refractivity contribution in [3.8, 4) is 0 Å². The number of hydrogen-bond donors (Lipinski definition) is 2. The average molecular weight is 503 g/mol. The number of piperazine rings is 1. The van der Waals surface area contributed by atoms with E-state index in [1.165, 1.54) is 5.56 Å². The number of aliphatic hydroxyl groups is 1. The number of nitrogens with one attached hydrogen (secondary N) is 1. The quantitative estimate of drug-likeness (QED) is 0.390. The van der Waals surface area contributed by atoms with Crippen molar-refractivity contribution in [2.24, 2.45) is 0 Å². The molecule has 1 aliphatic rings. The maximum absolute atomic E-state index is 13.1. The van der Waals surface area contributed by atoms with Crippen LogP contribution in [0.2, 0.25) is 0 Å². The molecule has 2 N–H and O–H groups in total. The molecule has 0 radical (unpaired) electrons. The molecule has 1 aliphatic heterocycles. The molecule has 7 nitrogen and oxygen atoms in total. The third-order valence-electron chi connectivity index (χ3n) is 6.87. The van der Waals surface area contributed by atoms with Crippen molar-refractivity contribution in [2.75, 3.05) is 30.9 Å². The van der Waals surface area contributed by atoms with Crippen molar-refractivity contribution < 1.29 is 13.5 Å². The van der Waals surface area contributed by atoms with Gasteiger partial charge in [0.2, 0.25) is 0 Å². The van der Waals surface area contributed by atoms with Crippen molar-refractivity contribution in [1.82, 2.24) is 14.8 Å². The number of rotatable bonds is 7. The minimum atomic E-state index is -3.82. The van der Waals surface area contributed by atoms with Crippen LogP contribution >= 0.6 is 0 Å². The Morgan fingerprint density at radius 1 is 0.806 bits per heavy atom. The number of aromatic nitrogens is 1. The fourth-order valence-electron chi connectivity index (χ4n) is 4.75. The van der Waals surface area contributed by atoms with Crippen LogP contribution < -0.4 is 4.72 Å². The van der Waals surface area contributed by atoms with Crippen LogP contribution in [-0.2, 0) is 10.0 Å². The number of benzene rings is 3. The highest BCUT2D eigenvalue weighted by atomic mass is 32.2. The molecule has 0 saturated carbocycles. The lowest BCUT2D eigenvalue weighted by Gasteiger charge is -2.40. The Morgan fingerprint density at radius 2 is 1.47 bits per heavy atom. The summed E-state index contributed by atoms with van der Waals surface area (Å²) in [4.78, 5) is 8.86. The fourth-order valence-corrected chi connectivity index (χ4v) is 5.99. The maximum Gasteiger partial charge on any atom is 0.264 e. The van der Waals surface area contributed by atoms with E-state index in [4.69, 9.17) is 0 Å². The molecule has 1 aromatic heterocycles.